The van der Waals surface area contributed by atoms with Gasteiger partial charge in [-0.1, -0.05) is 18.2 Å². The van der Waals surface area contributed by atoms with Crippen LogP contribution in [0.2, 0.25) is 0 Å². The van der Waals surface area contributed by atoms with Gasteiger partial charge in [-0.3, -0.25) is 0 Å². The molecule has 0 radical (unpaired) electrons. The molecule has 1 aromatic carbocycles. The number of pyridine rings is 1. The summed E-state index contributed by atoms with van der Waals surface area (Å²) >= 11 is 0. The molecule has 1 aliphatic rings. The number of hydrogen-bond donors (Lipinski definition) is 1. The van der Waals surface area contributed by atoms with Gasteiger partial charge in [0.15, 0.2) is 0 Å². The van der Waals surface area contributed by atoms with E-state index in [4.69, 9.17) is 0 Å². The lowest BCUT2D eigenvalue weighted by Crippen LogP contribution is -2.16. The van der Waals surface area contributed by atoms with Crippen LogP contribution in [0.15, 0.2) is 36.5 Å². The average Bonchev–Trinajstić information content (AvgIpc) is 2.83. The van der Waals surface area contributed by atoms with Crippen LogP contribution in [0.25, 0.3) is 0 Å². The molecule has 0 amide bonds. The number of anilines is 2. The van der Waals surface area contributed by atoms with Gasteiger partial charge in [0.25, 0.3) is 0 Å². The minimum atomic E-state index is 0.866. The Kier molecular flexibility index (Phi) is 3.22. The van der Waals surface area contributed by atoms with E-state index in [1.165, 1.54) is 22.4 Å². The highest BCUT2D eigenvalue weighted by Gasteiger charge is 2.21. The maximum atomic E-state index is 4.66. The summed E-state index contributed by atoms with van der Waals surface area (Å²) in [5, 5.41) is 3.16. The molecule has 0 unspecified atom stereocenters. The van der Waals surface area contributed by atoms with E-state index in [0.717, 1.165) is 25.3 Å². The fourth-order valence-corrected chi connectivity index (χ4v) is 2.77. The molecule has 98 valence electrons. The molecule has 3 nitrogen and oxygen atoms in total. The summed E-state index contributed by atoms with van der Waals surface area (Å²) in [6, 6.07) is 10.8. The van der Waals surface area contributed by atoms with E-state index in [2.05, 4.69) is 52.5 Å². The van der Waals surface area contributed by atoms with Crippen molar-refractivity contribution in [2.45, 2.75) is 19.9 Å². The summed E-state index contributed by atoms with van der Waals surface area (Å²) in [6.45, 7) is 4.03. The van der Waals surface area contributed by atoms with Crippen molar-refractivity contribution in [2.75, 3.05) is 18.5 Å². The number of rotatable bonds is 3. The first-order valence-electron chi connectivity index (χ1n) is 6.75. The Bertz CT molecular complexity index is 592. The largest absolute Gasteiger partial charge is 0.326 e. The Morgan fingerprint density at radius 3 is 2.95 bits per heavy atom. The van der Waals surface area contributed by atoms with Crippen LogP contribution >= 0.6 is 0 Å². The molecule has 2 heterocycles. The molecule has 0 fully saturated rings. The molecule has 1 aromatic heterocycles. The quantitative estimate of drug-likeness (QED) is 0.911. The number of aryl methyl sites for hydroxylation is 1. The molecule has 1 aliphatic heterocycles. The Hall–Kier alpha value is -1.87. The number of hydrogen-bond acceptors (Lipinski definition) is 3. The molecule has 0 aliphatic carbocycles. The lowest BCUT2D eigenvalue weighted by atomic mass is 10.1. The first-order chi connectivity index (χ1) is 9.29. The first kappa shape index (κ1) is 12.2. The molecular weight excluding hydrogens is 234 g/mol. The Morgan fingerprint density at radius 1 is 1.32 bits per heavy atom. The molecule has 19 heavy (non-hydrogen) atoms. The third-order valence-electron chi connectivity index (χ3n) is 3.63. The SMILES string of the molecule is CNCc1cnc(N2CCc3ccccc32)c(C)c1. The van der Waals surface area contributed by atoms with Gasteiger partial charge in [0.05, 0.1) is 0 Å². The van der Waals surface area contributed by atoms with E-state index in [-0.39, 0.29) is 0 Å². The minimum Gasteiger partial charge on any atom is -0.326 e. The van der Waals surface area contributed by atoms with Crippen LogP contribution in [0.1, 0.15) is 16.7 Å². The van der Waals surface area contributed by atoms with E-state index in [1.54, 1.807) is 0 Å². The fraction of sp³-hybridized carbons (Fsp3) is 0.312. The van der Waals surface area contributed by atoms with Crippen molar-refractivity contribution in [3.05, 3.63) is 53.2 Å². The van der Waals surface area contributed by atoms with Crippen LogP contribution in [0, 0.1) is 6.92 Å². The minimum absolute atomic E-state index is 0.866. The van der Waals surface area contributed by atoms with Crippen LogP contribution in [0.3, 0.4) is 0 Å². The van der Waals surface area contributed by atoms with Gasteiger partial charge in [-0.25, -0.2) is 4.98 Å². The van der Waals surface area contributed by atoms with Gasteiger partial charge < -0.3 is 10.2 Å². The van der Waals surface area contributed by atoms with Crippen LogP contribution in [0.4, 0.5) is 11.5 Å². The summed E-state index contributed by atoms with van der Waals surface area (Å²) in [4.78, 5) is 6.99. The summed E-state index contributed by atoms with van der Waals surface area (Å²) < 4.78 is 0. The van der Waals surface area contributed by atoms with E-state index in [9.17, 15) is 0 Å². The predicted molar refractivity (Wildman–Crippen MR) is 78.9 cm³/mol. The molecule has 0 saturated carbocycles. The van der Waals surface area contributed by atoms with Gasteiger partial charge in [-0.2, -0.15) is 0 Å². The second-order valence-electron chi connectivity index (χ2n) is 5.04. The highest BCUT2D eigenvalue weighted by Crippen LogP contribution is 2.34. The Morgan fingerprint density at radius 2 is 2.16 bits per heavy atom. The van der Waals surface area contributed by atoms with Gasteiger partial charge in [-0.15, -0.1) is 0 Å². The van der Waals surface area contributed by atoms with Gasteiger partial charge in [0.1, 0.15) is 5.82 Å². The molecule has 0 bridgehead atoms. The van der Waals surface area contributed by atoms with E-state index in [0.29, 0.717) is 0 Å². The fourth-order valence-electron chi connectivity index (χ4n) is 2.77. The van der Waals surface area contributed by atoms with E-state index in [1.807, 2.05) is 13.2 Å². The smallest absolute Gasteiger partial charge is 0.135 e. The molecule has 1 N–H and O–H groups in total. The Labute approximate surface area is 114 Å². The molecule has 0 spiro atoms. The van der Waals surface area contributed by atoms with Gasteiger partial charge in [-0.05, 0) is 49.2 Å². The zero-order valence-electron chi connectivity index (χ0n) is 11.5. The molecular formula is C16H19N3. The number of fused-ring (bicyclic) bond motifs is 1. The van der Waals surface area contributed by atoms with Crippen LogP contribution in [0.5, 0.6) is 0 Å². The first-order valence-corrected chi connectivity index (χ1v) is 6.75. The number of aromatic nitrogens is 1. The molecule has 3 heteroatoms. The number of para-hydroxylation sites is 1. The van der Waals surface area contributed by atoms with Crippen molar-refractivity contribution < 1.29 is 0 Å². The van der Waals surface area contributed by atoms with Crippen molar-refractivity contribution in [3.8, 4) is 0 Å². The maximum Gasteiger partial charge on any atom is 0.135 e. The second kappa shape index (κ2) is 5.02. The zero-order valence-corrected chi connectivity index (χ0v) is 11.5. The lowest BCUT2D eigenvalue weighted by molar-refractivity contribution is 0.810. The van der Waals surface area contributed by atoms with Crippen molar-refractivity contribution in [3.63, 3.8) is 0 Å². The maximum absolute atomic E-state index is 4.66. The highest BCUT2D eigenvalue weighted by molar-refractivity contribution is 5.69. The second-order valence-corrected chi connectivity index (χ2v) is 5.04. The van der Waals surface area contributed by atoms with Gasteiger partial charge >= 0.3 is 0 Å². The molecule has 0 atom stereocenters. The number of benzene rings is 1. The third-order valence-corrected chi connectivity index (χ3v) is 3.63. The lowest BCUT2D eigenvalue weighted by Gasteiger charge is -2.20. The Balaban J connectivity index is 1.96. The normalized spacial score (nSPS) is 13.7. The summed E-state index contributed by atoms with van der Waals surface area (Å²) in [6.07, 6.45) is 3.08. The monoisotopic (exact) mass is 253 g/mol. The highest BCUT2D eigenvalue weighted by atomic mass is 15.2. The summed E-state index contributed by atoms with van der Waals surface area (Å²) in [5.74, 6) is 1.09. The van der Waals surface area contributed by atoms with Crippen molar-refractivity contribution in [2.24, 2.45) is 0 Å². The molecule has 3 rings (SSSR count). The van der Waals surface area contributed by atoms with E-state index >= 15 is 0 Å². The van der Waals surface area contributed by atoms with Crippen molar-refractivity contribution >= 4 is 11.5 Å². The average molecular weight is 253 g/mol. The van der Waals surface area contributed by atoms with Crippen LogP contribution < -0.4 is 10.2 Å². The van der Waals surface area contributed by atoms with E-state index < -0.39 is 0 Å². The number of nitrogens with one attached hydrogen (secondary N) is 1. The number of nitrogens with zero attached hydrogens (tertiary/aromatic N) is 2. The standard InChI is InChI=1S/C16H19N3/c1-12-9-13(10-17-2)11-18-16(12)19-8-7-14-5-3-4-6-15(14)19/h3-6,9,11,17H,7-8,10H2,1-2H3. The van der Waals surface area contributed by atoms with Crippen molar-refractivity contribution in [1.82, 2.24) is 10.3 Å². The molecule has 0 saturated heterocycles. The van der Waals surface area contributed by atoms with Crippen LogP contribution in [-0.2, 0) is 13.0 Å². The molecule has 2 aromatic rings. The van der Waals surface area contributed by atoms with Gasteiger partial charge in [0.2, 0.25) is 0 Å². The van der Waals surface area contributed by atoms with Gasteiger partial charge in [0, 0.05) is 25.0 Å². The topological polar surface area (TPSA) is 28.2 Å². The third kappa shape index (κ3) is 2.22. The predicted octanol–water partition coefficient (Wildman–Crippen LogP) is 2.80. The van der Waals surface area contributed by atoms with Crippen LogP contribution in [-0.4, -0.2) is 18.6 Å². The zero-order chi connectivity index (χ0) is 13.2. The van der Waals surface area contributed by atoms with Crippen molar-refractivity contribution in [1.29, 1.82) is 0 Å². The summed E-state index contributed by atoms with van der Waals surface area (Å²) in [5.41, 5.74) is 5.20. The summed E-state index contributed by atoms with van der Waals surface area (Å²) in [7, 11) is 1.96.